The topological polar surface area (TPSA) is 59.1 Å². The zero-order valence-electron chi connectivity index (χ0n) is 17.0. The summed E-state index contributed by atoms with van der Waals surface area (Å²) in [6.07, 6.45) is 0. The monoisotopic (exact) mass is 374 g/mol. The van der Waals surface area contributed by atoms with E-state index < -0.39 is 0 Å². The minimum absolute atomic E-state index is 0.0395. The summed E-state index contributed by atoms with van der Waals surface area (Å²) in [4.78, 5) is 27.7. The maximum atomic E-state index is 11.9. The molecular formula is C21H30N2O4. The Bertz CT molecular complexity index is 707. The van der Waals surface area contributed by atoms with Crippen LogP contribution in [0.1, 0.15) is 38.8 Å². The number of likely N-dealkylation sites (N-methyl/N-ethyl adjacent to an activating group) is 1. The van der Waals surface area contributed by atoms with Crippen LogP contribution in [-0.2, 0) is 31.0 Å². The third-order valence-electron chi connectivity index (χ3n) is 4.95. The highest BCUT2D eigenvalue weighted by Crippen LogP contribution is 2.46. The van der Waals surface area contributed by atoms with Crippen LogP contribution in [0.3, 0.4) is 0 Å². The summed E-state index contributed by atoms with van der Waals surface area (Å²) in [7, 11) is 2.01. The van der Waals surface area contributed by atoms with Crippen LogP contribution in [0, 0.1) is 0 Å². The lowest BCUT2D eigenvalue weighted by atomic mass is 9.84. The minimum Gasteiger partial charge on any atom is -0.465 e. The van der Waals surface area contributed by atoms with Gasteiger partial charge >= 0.3 is 11.9 Å². The molecule has 0 fully saturated rings. The molecule has 1 aliphatic rings. The number of hydrogen-bond donors (Lipinski definition) is 0. The maximum Gasteiger partial charge on any atom is 0.320 e. The fraction of sp³-hybridized carbons (Fsp3) is 0.524. The fourth-order valence-electron chi connectivity index (χ4n) is 3.41. The van der Waals surface area contributed by atoms with E-state index in [0.717, 1.165) is 16.9 Å². The SMILES string of the molecule is C=C1N(C)c2cc(CN(CC(=O)OCC)CC(=O)OCC)ccc2C1(C)C. The Morgan fingerprint density at radius 2 is 1.67 bits per heavy atom. The molecule has 0 radical (unpaired) electrons. The molecule has 1 aromatic carbocycles. The Balaban J connectivity index is 2.20. The van der Waals surface area contributed by atoms with E-state index in [4.69, 9.17) is 9.47 Å². The molecule has 0 saturated carbocycles. The molecule has 0 aliphatic carbocycles. The zero-order valence-corrected chi connectivity index (χ0v) is 17.0. The normalized spacial score (nSPS) is 15.0. The number of rotatable bonds is 8. The molecule has 0 spiro atoms. The van der Waals surface area contributed by atoms with Gasteiger partial charge in [-0.25, -0.2) is 0 Å². The van der Waals surface area contributed by atoms with E-state index in [1.807, 2.05) is 13.1 Å². The lowest BCUT2D eigenvalue weighted by Crippen LogP contribution is -2.35. The van der Waals surface area contributed by atoms with E-state index >= 15 is 0 Å². The molecule has 1 aliphatic heterocycles. The van der Waals surface area contributed by atoms with E-state index in [-0.39, 0.29) is 30.4 Å². The van der Waals surface area contributed by atoms with Crippen molar-refractivity contribution in [1.82, 2.24) is 4.90 Å². The Morgan fingerprint density at radius 1 is 1.11 bits per heavy atom. The number of benzene rings is 1. The van der Waals surface area contributed by atoms with E-state index in [1.54, 1.807) is 18.7 Å². The van der Waals surface area contributed by atoms with Crippen molar-refractivity contribution < 1.29 is 19.1 Å². The van der Waals surface area contributed by atoms with E-state index in [1.165, 1.54) is 5.56 Å². The molecule has 2 rings (SSSR count). The van der Waals surface area contributed by atoms with Gasteiger partial charge in [0.15, 0.2) is 0 Å². The van der Waals surface area contributed by atoms with Gasteiger partial charge in [0, 0.05) is 30.4 Å². The molecule has 6 heteroatoms. The molecule has 0 unspecified atom stereocenters. The summed E-state index contributed by atoms with van der Waals surface area (Å²) in [5.41, 5.74) is 4.28. The minimum atomic E-state index is -0.352. The number of allylic oxidation sites excluding steroid dienone is 1. The average molecular weight is 374 g/mol. The summed E-state index contributed by atoms with van der Waals surface area (Å²) >= 11 is 0. The number of fused-ring (bicyclic) bond motifs is 1. The molecule has 0 amide bonds. The summed E-state index contributed by atoms with van der Waals surface area (Å²) in [5, 5.41) is 0. The Kier molecular flexibility index (Phi) is 6.65. The third kappa shape index (κ3) is 4.69. The number of hydrogen-bond acceptors (Lipinski definition) is 6. The van der Waals surface area contributed by atoms with Crippen molar-refractivity contribution in [3.63, 3.8) is 0 Å². The van der Waals surface area contributed by atoms with Crippen LogP contribution in [0.4, 0.5) is 5.69 Å². The van der Waals surface area contributed by atoms with Crippen molar-refractivity contribution in [2.24, 2.45) is 0 Å². The van der Waals surface area contributed by atoms with Gasteiger partial charge in [0.05, 0.1) is 26.3 Å². The molecule has 0 saturated heterocycles. The van der Waals surface area contributed by atoms with Gasteiger partial charge in [-0.1, -0.05) is 32.6 Å². The third-order valence-corrected chi connectivity index (χ3v) is 4.95. The number of anilines is 1. The number of ether oxygens (including phenoxy) is 2. The molecule has 1 aromatic rings. The molecule has 148 valence electrons. The van der Waals surface area contributed by atoms with Crippen LogP contribution in [0.5, 0.6) is 0 Å². The number of carbonyl (C=O) groups excluding carboxylic acids is 2. The molecule has 0 atom stereocenters. The standard InChI is InChI=1S/C21H30N2O4/c1-7-26-19(24)13-23(14-20(25)27-8-2)12-16-9-10-17-18(11-16)22(6)15(3)21(17,4)5/h9-11H,3,7-8,12-14H2,1-2,4-6H3. The first kappa shape index (κ1) is 21.0. The van der Waals surface area contributed by atoms with E-state index in [9.17, 15) is 9.59 Å². The Morgan fingerprint density at radius 3 is 2.19 bits per heavy atom. The average Bonchev–Trinajstić information content (AvgIpc) is 2.76. The Hall–Kier alpha value is -2.34. The number of esters is 2. The van der Waals surface area contributed by atoms with E-state index in [0.29, 0.717) is 19.8 Å². The number of carbonyl (C=O) groups is 2. The van der Waals surface area contributed by atoms with Crippen LogP contribution < -0.4 is 4.90 Å². The highest BCUT2D eigenvalue weighted by Gasteiger charge is 2.37. The maximum absolute atomic E-state index is 11.9. The molecule has 0 N–H and O–H groups in total. The van der Waals surface area contributed by atoms with Crippen molar-refractivity contribution in [2.45, 2.75) is 39.7 Å². The van der Waals surface area contributed by atoms with Gasteiger partial charge in [-0.05, 0) is 31.0 Å². The van der Waals surface area contributed by atoms with Gasteiger partial charge in [0.25, 0.3) is 0 Å². The van der Waals surface area contributed by atoms with Crippen molar-refractivity contribution in [2.75, 3.05) is 38.3 Å². The molecular weight excluding hydrogens is 344 g/mol. The lowest BCUT2D eigenvalue weighted by Gasteiger charge is -2.22. The number of nitrogens with zero attached hydrogens (tertiary/aromatic N) is 2. The van der Waals surface area contributed by atoms with Crippen molar-refractivity contribution >= 4 is 17.6 Å². The molecule has 6 nitrogen and oxygen atoms in total. The highest BCUT2D eigenvalue weighted by atomic mass is 16.5. The van der Waals surface area contributed by atoms with Gasteiger partial charge in [-0.15, -0.1) is 0 Å². The molecule has 1 heterocycles. The second-order valence-corrected chi connectivity index (χ2v) is 7.24. The van der Waals surface area contributed by atoms with Gasteiger partial charge < -0.3 is 14.4 Å². The van der Waals surface area contributed by atoms with Gasteiger partial charge in [-0.2, -0.15) is 0 Å². The molecule has 27 heavy (non-hydrogen) atoms. The smallest absolute Gasteiger partial charge is 0.320 e. The van der Waals surface area contributed by atoms with Crippen LogP contribution in [0.15, 0.2) is 30.5 Å². The summed E-state index contributed by atoms with van der Waals surface area (Å²) in [6, 6.07) is 6.24. The molecule has 0 bridgehead atoms. The first-order chi connectivity index (χ1) is 12.7. The molecule has 0 aromatic heterocycles. The first-order valence-corrected chi connectivity index (χ1v) is 9.30. The Labute approximate surface area is 161 Å². The van der Waals surface area contributed by atoms with Crippen LogP contribution in [0.2, 0.25) is 0 Å². The van der Waals surface area contributed by atoms with E-state index in [2.05, 4.69) is 37.5 Å². The van der Waals surface area contributed by atoms with Crippen LogP contribution in [0.25, 0.3) is 0 Å². The zero-order chi connectivity index (χ0) is 20.2. The second kappa shape index (κ2) is 8.57. The highest BCUT2D eigenvalue weighted by molar-refractivity contribution is 5.75. The summed E-state index contributed by atoms with van der Waals surface area (Å²) in [5.74, 6) is -0.704. The lowest BCUT2D eigenvalue weighted by molar-refractivity contribution is -0.148. The summed E-state index contributed by atoms with van der Waals surface area (Å²) < 4.78 is 10.1. The van der Waals surface area contributed by atoms with Crippen molar-refractivity contribution in [3.05, 3.63) is 41.6 Å². The second-order valence-electron chi connectivity index (χ2n) is 7.24. The van der Waals surface area contributed by atoms with Crippen LogP contribution in [-0.4, -0.2) is 50.2 Å². The van der Waals surface area contributed by atoms with Gasteiger partial charge in [0.2, 0.25) is 0 Å². The summed E-state index contributed by atoms with van der Waals surface area (Å²) in [6.45, 7) is 13.2. The fourth-order valence-corrected chi connectivity index (χ4v) is 3.41. The van der Waals surface area contributed by atoms with Gasteiger partial charge in [0.1, 0.15) is 0 Å². The van der Waals surface area contributed by atoms with Crippen molar-refractivity contribution in [1.29, 1.82) is 0 Å². The van der Waals surface area contributed by atoms with Crippen LogP contribution >= 0.6 is 0 Å². The van der Waals surface area contributed by atoms with Crippen molar-refractivity contribution in [3.8, 4) is 0 Å². The predicted molar refractivity (Wildman–Crippen MR) is 106 cm³/mol. The van der Waals surface area contributed by atoms with Gasteiger partial charge in [-0.3, -0.25) is 14.5 Å². The first-order valence-electron chi connectivity index (χ1n) is 9.30. The quantitative estimate of drug-likeness (QED) is 0.652. The largest absolute Gasteiger partial charge is 0.465 e. The predicted octanol–water partition coefficient (Wildman–Crippen LogP) is 2.86.